The van der Waals surface area contributed by atoms with Crippen molar-refractivity contribution in [3.63, 3.8) is 0 Å². The fourth-order valence-corrected chi connectivity index (χ4v) is 2.24. The van der Waals surface area contributed by atoms with Gasteiger partial charge in [-0.25, -0.2) is 0 Å². The quantitative estimate of drug-likeness (QED) is 0.857. The largest absolute Gasteiger partial charge is 0.347 e. The molecule has 2 aromatic rings. The summed E-state index contributed by atoms with van der Waals surface area (Å²) in [6.45, 7) is 5.61. The lowest BCUT2D eigenvalue weighted by molar-refractivity contribution is 0.0919. The predicted molar refractivity (Wildman–Crippen MR) is 95.9 cm³/mol. The van der Waals surface area contributed by atoms with Crippen LogP contribution in [0.4, 0.5) is 5.69 Å². The van der Waals surface area contributed by atoms with Gasteiger partial charge in [-0.1, -0.05) is 29.3 Å². The van der Waals surface area contributed by atoms with Crippen LogP contribution in [-0.4, -0.2) is 22.3 Å². The molecule has 2 rings (SSSR count). The number of nitrogens with one attached hydrogen (secondary N) is 2. The average molecular weight is 366 g/mol. The normalized spacial score (nSPS) is 11.0. The Morgan fingerprint density at radius 2 is 1.67 bits per heavy atom. The number of amides is 2. The van der Waals surface area contributed by atoms with Gasteiger partial charge >= 0.3 is 0 Å². The van der Waals surface area contributed by atoms with E-state index in [-0.39, 0.29) is 22.0 Å². The molecule has 0 bridgehead atoms. The molecule has 0 atom stereocenters. The predicted octanol–water partition coefficient (Wildman–Crippen LogP) is 4.17. The van der Waals surface area contributed by atoms with Crippen LogP contribution in [0.1, 0.15) is 41.5 Å². The Morgan fingerprint density at radius 1 is 1.04 bits per heavy atom. The number of pyridine rings is 1. The van der Waals surface area contributed by atoms with Crippen molar-refractivity contribution in [3.8, 4) is 0 Å². The summed E-state index contributed by atoms with van der Waals surface area (Å²) in [5.74, 6) is -0.734. The van der Waals surface area contributed by atoms with E-state index in [0.29, 0.717) is 16.3 Å². The molecule has 0 aliphatic carbocycles. The first-order valence-electron chi connectivity index (χ1n) is 7.20. The summed E-state index contributed by atoms with van der Waals surface area (Å²) in [5.41, 5.74) is 0.546. The van der Waals surface area contributed by atoms with Gasteiger partial charge in [0.05, 0.1) is 26.9 Å². The van der Waals surface area contributed by atoms with E-state index in [1.807, 2.05) is 20.8 Å². The van der Waals surface area contributed by atoms with Crippen LogP contribution in [0.5, 0.6) is 0 Å². The summed E-state index contributed by atoms with van der Waals surface area (Å²) in [4.78, 5) is 28.5. The second kappa shape index (κ2) is 7.20. The summed E-state index contributed by atoms with van der Waals surface area (Å²) < 4.78 is 0. The standard InChI is InChI=1S/C17H17Cl2N3O2/c1-17(2,3)22-16(24)11-7-10(8-20-9-11)15(23)21-13-6-4-5-12(18)14(13)19/h4-9H,1-3H3,(H,21,23)(H,22,24). The Balaban J connectivity index is 2.20. The van der Waals surface area contributed by atoms with Crippen molar-refractivity contribution < 1.29 is 9.59 Å². The van der Waals surface area contributed by atoms with E-state index in [0.717, 1.165) is 0 Å². The minimum absolute atomic E-state index is 0.243. The third-order valence-electron chi connectivity index (χ3n) is 2.95. The molecular weight excluding hydrogens is 349 g/mol. The number of hydrogen-bond donors (Lipinski definition) is 2. The van der Waals surface area contributed by atoms with E-state index in [1.165, 1.54) is 18.5 Å². The number of rotatable bonds is 3. The van der Waals surface area contributed by atoms with Gasteiger partial charge in [0, 0.05) is 17.9 Å². The van der Waals surface area contributed by atoms with E-state index in [4.69, 9.17) is 23.2 Å². The second-order valence-corrected chi connectivity index (χ2v) is 7.01. The van der Waals surface area contributed by atoms with Gasteiger partial charge < -0.3 is 10.6 Å². The highest BCUT2D eigenvalue weighted by Gasteiger charge is 2.17. The molecule has 2 N–H and O–H groups in total. The molecular formula is C17H17Cl2N3O2. The lowest BCUT2D eigenvalue weighted by Crippen LogP contribution is -2.40. The molecule has 0 radical (unpaired) electrons. The molecule has 7 heteroatoms. The maximum atomic E-state index is 12.4. The molecule has 0 unspecified atom stereocenters. The number of carbonyl (C=O) groups is 2. The Morgan fingerprint density at radius 3 is 2.29 bits per heavy atom. The van der Waals surface area contributed by atoms with Crippen LogP contribution in [0.2, 0.25) is 10.0 Å². The molecule has 0 spiro atoms. The topological polar surface area (TPSA) is 71.1 Å². The van der Waals surface area contributed by atoms with Gasteiger partial charge in [0.2, 0.25) is 0 Å². The first-order valence-corrected chi connectivity index (χ1v) is 7.96. The molecule has 1 aromatic carbocycles. The SMILES string of the molecule is CC(C)(C)NC(=O)c1cncc(C(=O)Nc2cccc(Cl)c2Cl)c1. The first kappa shape index (κ1) is 18.2. The third-order valence-corrected chi connectivity index (χ3v) is 3.77. The summed E-state index contributed by atoms with van der Waals surface area (Å²) in [5, 5.41) is 6.06. The molecule has 0 aliphatic heterocycles. The van der Waals surface area contributed by atoms with Gasteiger partial charge in [-0.3, -0.25) is 14.6 Å². The molecule has 0 saturated heterocycles. The lowest BCUT2D eigenvalue weighted by atomic mass is 10.1. The number of carbonyl (C=O) groups excluding carboxylic acids is 2. The monoisotopic (exact) mass is 365 g/mol. The van der Waals surface area contributed by atoms with Gasteiger partial charge in [0.25, 0.3) is 11.8 Å². The number of aromatic nitrogens is 1. The zero-order valence-electron chi connectivity index (χ0n) is 13.5. The van der Waals surface area contributed by atoms with Gasteiger partial charge in [0.15, 0.2) is 0 Å². The minimum atomic E-state index is -0.433. The van der Waals surface area contributed by atoms with Crippen molar-refractivity contribution in [2.24, 2.45) is 0 Å². The van der Waals surface area contributed by atoms with Crippen LogP contribution in [-0.2, 0) is 0 Å². The maximum Gasteiger partial charge on any atom is 0.257 e. The zero-order valence-corrected chi connectivity index (χ0v) is 15.0. The molecule has 1 heterocycles. The number of anilines is 1. The van der Waals surface area contributed by atoms with Crippen LogP contribution in [0.3, 0.4) is 0 Å². The molecule has 126 valence electrons. The van der Waals surface area contributed by atoms with E-state index >= 15 is 0 Å². The number of nitrogens with zero attached hydrogens (tertiary/aromatic N) is 1. The van der Waals surface area contributed by atoms with Gasteiger partial charge in [-0.15, -0.1) is 0 Å². The summed E-state index contributed by atoms with van der Waals surface area (Å²) in [7, 11) is 0. The van der Waals surface area contributed by atoms with Crippen molar-refractivity contribution in [2.75, 3.05) is 5.32 Å². The Labute approximate surface area is 150 Å². The van der Waals surface area contributed by atoms with Crippen molar-refractivity contribution in [1.82, 2.24) is 10.3 Å². The van der Waals surface area contributed by atoms with Crippen LogP contribution in [0.25, 0.3) is 0 Å². The first-order chi connectivity index (χ1) is 11.2. The Kier molecular flexibility index (Phi) is 5.47. The highest BCUT2D eigenvalue weighted by molar-refractivity contribution is 6.44. The maximum absolute atomic E-state index is 12.4. The zero-order chi connectivity index (χ0) is 17.9. The van der Waals surface area contributed by atoms with E-state index in [1.54, 1.807) is 18.2 Å². The van der Waals surface area contributed by atoms with Crippen molar-refractivity contribution in [2.45, 2.75) is 26.3 Å². The molecule has 0 fully saturated rings. The lowest BCUT2D eigenvalue weighted by Gasteiger charge is -2.20. The molecule has 0 aliphatic rings. The Bertz CT molecular complexity index is 786. The smallest absolute Gasteiger partial charge is 0.257 e. The number of hydrogen-bond acceptors (Lipinski definition) is 3. The van der Waals surface area contributed by atoms with Gasteiger partial charge in [0.1, 0.15) is 0 Å². The summed E-state index contributed by atoms with van der Waals surface area (Å²) >= 11 is 12.0. The fourth-order valence-electron chi connectivity index (χ4n) is 1.90. The van der Waals surface area contributed by atoms with Crippen molar-refractivity contribution >= 4 is 40.7 Å². The Hall–Kier alpha value is -2.11. The fraction of sp³-hybridized carbons (Fsp3) is 0.235. The third kappa shape index (κ3) is 4.69. The highest BCUT2D eigenvalue weighted by Crippen LogP contribution is 2.29. The highest BCUT2D eigenvalue weighted by atomic mass is 35.5. The molecule has 5 nitrogen and oxygen atoms in total. The van der Waals surface area contributed by atoms with Crippen LogP contribution < -0.4 is 10.6 Å². The van der Waals surface area contributed by atoms with Gasteiger partial charge in [-0.2, -0.15) is 0 Å². The average Bonchev–Trinajstić information content (AvgIpc) is 2.50. The van der Waals surface area contributed by atoms with E-state index < -0.39 is 5.91 Å². The minimum Gasteiger partial charge on any atom is -0.347 e. The summed E-state index contributed by atoms with van der Waals surface area (Å²) in [6.07, 6.45) is 2.78. The molecule has 24 heavy (non-hydrogen) atoms. The number of benzene rings is 1. The van der Waals surface area contributed by atoms with Crippen LogP contribution in [0.15, 0.2) is 36.7 Å². The van der Waals surface area contributed by atoms with Crippen molar-refractivity contribution in [3.05, 3.63) is 57.8 Å². The second-order valence-electron chi connectivity index (χ2n) is 6.22. The van der Waals surface area contributed by atoms with E-state index in [2.05, 4.69) is 15.6 Å². The van der Waals surface area contributed by atoms with Crippen LogP contribution >= 0.6 is 23.2 Å². The number of halogens is 2. The molecule has 2 amide bonds. The molecule has 0 saturated carbocycles. The van der Waals surface area contributed by atoms with Crippen LogP contribution in [0, 0.1) is 0 Å². The van der Waals surface area contributed by atoms with Crippen molar-refractivity contribution in [1.29, 1.82) is 0 Å². The summed E-state index contributed by atoms with van der Waals surface area (Å²) in [6, 6.07) is 6.41. The van der Waals surface area contributed by atoms with E-state index in [9.17, 15) is 9.59 Å². The molecule has 1 aromatic heterocycles. The van der Waals surface area contributed by atoms with Gasteiger partial charge in [-0.05, 0) is 39.0 Å².